The number of benzene rings is 2. The van der Waals surface area contributed by atoms with Crippen LogP contribution in [0.5, 0.6) is 0 Å². The highest BCUT2D eigenvalue weighted by Gasteiger charge is 2.13. The predicted molar refractivity (Wildman–Crippen MR) is 78.4 cm³/mol. The number of hydrogen-bond donors (Lipinski definition) is 3. The molecule has 1 amide bonds. The molecule has 0 atom stereocenters. The van der Waals surface area contributed by atoms with Gasteiger partial charge >= 0.3 is 0 Å². The molecule has 2 aromatic rings. The van der Waals surface area contributed by atoms with Gasteiger partial charge in [0.2, 0.25) is 0 Å². The van der Waals surface area contributed by atoms with Crippen molar-refractivity contribution in [3.63, 3.8) is 0 Å². The van der Waals surface area contributed by atoms with Crippen LogP contribution in [0.25, 0.3) is 0 Å². The molecule has 2 aromatic carbocycles. The van der Waals surface area contributed by atoms with Crippen LogP contribution in [-0.4, -0.2) is 5.91 Å². The molecular formula is C14H13ClFN3O. The first-order chi connectivity index (χ1) is 9.52. The first-order valence-electron chi connectivity index (χ1n) is 5.85. The number of halogens is 2. The van der Waals surface area contributed by atoms with E-state index in [4.69, 9.17) is 17.4 Å². The van der Waals surface area contributed by atoms with Crippen molar-refractivity contribution in [3.05, 3.63) is 58.4 Å². The van der Waals surface area contributed by atoms with E-state index in [1.807, 2.05) is 0 Å². The Morgan fingerprint density at radius 2 is 1.95 bits per heavy atom. The van der Waals surface area contributed by atoms with Gasteiger partial charge < -0.3 is 10.7 Å². The van der Waals surface area contributed by atoms with Gasteiger partial charge in [-0.1, -0.05) is 23.7 Å². The van der Waals surface area contributed by atoms with E-state index in [2.05, 4.69) is 10.7 Å². The lowest BCUT2D eigenvalue weighted by atomic mass is 10.1. The molecule has 0 aliphatic rings. The Kier molecular flexibility index (Phi) is 4.22. The summed E-state index contributed by atoms with van der Waals surface area (Å²) >= 11 is 5.91. The van der Waals surface area contributed by atoms with Gasteiger partial charge in [-0.15, -0.1) is 0 Å². The lowest BCUT2D eigenvalue weighted by Crippen LogP contribution is -2.17. The van der Waals surface area contributed by atoms with Gasteiger partial charge in [-0.25, -0.2) is 4.39 Å². The minimum Gasteiger partial charge on any atom is -0.323 e. The third-order valence-corrected chi connectivity index (χ3v) is 3.14. The van der Waals surface area contributed by atoms with Crippen LogP contribution in [0.4, 0.5) is 15.8 Å². The molecule has 2 rings (SSSR count). The molecule has 4 N–H and O–H groups in total. The van der Waals surface area contributed by atoms with Gasteiger partial charge in [-0.2, -0.15) is 0 Å². The maximum atomic E-state index is 13.3. The van der Waals surface area contributed by atoms with Gasteiger partial charge in [0.05, 0.1) is 22.0 Å². The van der Waals surface area contributed by atoms with Crippen LogP contribution in [-0.2, 0) is 0 Å². The second-order valence-corrected chi connectivity index (χ2v) is 4.63. The summed E-state index contributed by atoms with van der Waals surface area (Å²) in [5.74, 6) is 4.55. The van der Waals surface area contributed by atoms with E-state index in [0.717, 1.165) is 0 Å². The van der Waals surface area contributed by atoms with Gasteiger partial charge in [0.25, 0.3) is 5.91 Å². The smallest absolute Gasteiger partial charge is 0.257 e. The van der Waals surface area contributed by atoms with Crippen molar-refractivity contribution < 1.29 is 9.18 Å². The van der Waals surface area contributed by atoms with Crippen LogP contribution in [0, 0.1) is 12.7 Å². The van der Waals surface area contributed by atoms with E-state index >= 15 is 0 Å². The van der Waals surface area contributed by atoms with E-state index < -0.39 is 5.82 Å². The lowest BCUT2D eigenvalue weighted by molar-refractivity contribution is 0.102. The van der Waals surface area contributed by atoms with Crippen LogP contribution >= 0.6 is 11.6 Å². The summed E-state index contributed by atoms with van der Waals surface area (Å²) in [6.45, 7) is 1.59. The maximum Gasteiger partial charge on any atom is 0.257 e. The third kappa shape index (κ3) is 2.89. The van der Waals surface area contributed by atoms with Gasteiger partial charge in [0, 0.05) is 0 Å². The number of hydrogen-bond acceptors (Lipinski definition) is 3. The molecule has 0 heterocycles. The van der Waals surface area contributed by atoms with Crippen molar-refractivity contribution in [2.45, 2.75) is 6.92 Å². The molecule has 0 spiro atoms. The summed E-state index contributed by atoms with van der Waals surface area (Å²) in [5.41, 5.74) is 4.05. The Morgan fingerprint density at radius 3 is 2.65 bits per heavy atom. The number of nitrogens with one attached hydrogen (secondary N) is 2. The molecule has 0 bridgehead atoms. The van der Waals surface area contributed by atoms with Gasteiger partial charge in [-0.05, 0) is 36.8 Å². The first-order valence-corrected chi connectivity index (χ1v) is 6.23. The quantitative estimate of drug-likeness (QED) is 0.601. The van der Waals surface area contributed by atoms with Crippen LogP contribution in [0.15, 0.2) is 36.4 Å². The normalized spacial score (nSPS) is 10.2. The fraction of sp³-hybridized carbons (Fsp3) is 0.0714. The summed E-state index contributed by atoms with van der Waals surface area (Å²) in [4.78, 5) is 12.2. The van der Waals surface area contributed by atoms with Crippen molar-refractivity contribution >= 4 is 28.9 Å². The zero-order valence-electron chi connectivity index (χ0n) is 10.7. The summed E-state index contributed by atoms with van der Waals surface area (Å²) in [6, 6.07) is 9.41. The number of aryl methyl sites for hydroxylation is 1. The van der Waals surface area contributed by atoms with Crippen LogP contribution < -0.4 is 16.6 Å². The summed E-state index contributed by atoms with van der Waals surface area (Å²) in [7, 11) is 0. The SMILES string of the molecule is Cc1cc(NC(=O)c2ccccc2NN)c(Cl)cc1F. The number of hydrazine groups is 1. The minimum atomic E-state index is -0.419. The molecular weight excluding hydrogens is 281 g/mol. The van der Waals surface area contributed by atoms with Crippen LogP contribution in [0.2, 0.25) is 5.02 Å². The molecule has 0 aromatic heterocycles. The average molecular weight is 294 g/mol. The highest BCUT2D eigenvalue weighted by atomic mass is 35.5. The van der Waals surface area contributed by atoms with E-state index in [1.54, 1.807) is 31.2 Å². The molecule has 0 radical (unpaired) electrons. The van der Waals surface area contributed by atoms with Crippen LogP contribution in [0.3, 0.4) is 0 Å². The van der Waals surface area contributed by atoms with Gasteiger partial charge in [0.15, 0.2) is 0 Å². The summed E-state index contributed by atoms with van der Waals surface area (Å²) in [6.07, 6.45) is 0. The van der Waals surface area contributed by atoms with Crippen molar-refractivity contribution in [2.75, 3.05) is 10.7 Å². The third-order valence-electron chi connectivity index (χ3n) is 2.82. The van der Waals surface area contributed by atoms with E-state index in [-0.39, 0.29) is 10.9 Å². The molecule has 6 heteroatoms. The average Bonchev–Trinajstić information content (AvgIpc) is 2.44. The Morgan fingerprint density at radius 1 is 1.25 bits per heavy atom. The maximum absolute atomic E-state index is 13.3. The predicted octanol–water partition coefficient (Wildman–Crippen LogP) is 3.33. The number of nitrogen functional groups attached to an aromatic ring is 1. The number of nitrogens with two attached hydrogens (primary N) is 1. The highest BCUT2D eigenvalue weighted by molar-refractivity contribution is 6.34. The first kappa shape index (κ1) is 14.3. The minimum absolute atomic E-state index is 0.139. The van der Waals surface area contributed by atoms with Crippen molar-refractivity contribution in [1.29, 1.82) is 0 Å². The Hall–Kier alpha value is -2.11. The van der Waals surface area contributed by atoms with Gasteiger partial charge in [-0.3, -0.25) is 10.6 Å². The molecule has 0 saturated heterocycles. The summed E-state index contributed by atoms with van der Waals surface area (Å²) < 4.78 is 13.3. The fourth-order valence-electron chi connectivity index (χ4n) is 1.75. The van der Waals surface area contributed by atoms with E-state index in [1.165, 1.54) is 12.1 Å². The molecule has 0 aliphatic heterocycles. The topological polar surface area (TPSA) is 67.2 Å². The molecule has 0 unspecified atom stereocenters. The number of anilines is 2. The number of carbonyl (C=O) groups is 1. The lowest BCUT2D eigenvalue weighted by Gasteiger charge is -2.11. The van der Waals surface area contributed by atoms with Crippen molar-refractivity contribution in [3.8, 4) is 0 Å². The molecule has 104 valence electrons. The molecule has 0 aliphatic carbocycles. The fourth-order valence-corrected chi connectivity index (χ4v) is 1.95. The van der Waals surface area contributed by atoms with E-state index in [0.29, 0.717) is 22.5 Å². The number of para-hydroxylation sites is 1. The molecule has 20 heavy (non-hydrogen) atoms. The highest BCUT2D eigenvalue weighted by Crippen LogP contribution is 2.26. The van der Waals surface area contributed by atoms with E-state index in [9.17, 15) is 9.18 Å². The molecule has 0 fully saturated rings. The Balaban J connectivity index is 2.30. The van der Waals surface area contributed by atoms with Crippen molar-refractivity contribution in [1.82, 2.24) is 0 Å². The second-order valence-electron chi connectivity index (χ2n) is 4.23. The van der Waals surface area contributed by atoms with Crippen LogP contribution in [0.1, 0.15) is 15.9 Å². The van der Waals surface area contributed by atoms with Gasteiger partial charge in [0.1, 0.15) is 5.82 Å². The monoisotopic (exact) mass is 293 g/mol. The number of rotatable bonds is 3. The zero-order chi connectivity index (χ0) is 14.7. The summed E-state index contributed by atoms with van der Waals surface area (Å²) in [5, 5.41) is 2.77. The Labute approximate surface area is 120 Å². The molecule has 0 saturated carbocycles. The van der Waals surface area contributed by atoms with Crippen molar-refractivity contribution in [2.24, 2.45) is 5.84 Å². The number of amides is 1. The largest absolute Gasteiger partial charge is 0.323 e. The molecule has 4 nitrogen and oxygen atoms in total. The standard InChI is InChI=1S/C14H13ClFN3O/c1-8-6-13(10(15)7-11(8)16)18-14(20)9-4-2-3-5-12(9)19-17/h2-7,19H,17H2,1H3,(H,18,20). The Bertz CT molecular complexity index is 661. The number of carbonyl (C=O) groups excluding carboxylic acids is 1. The zero-order valence-corrected chi connectivity index (χ0v) is 11.5. The second kappa shape index (κ2) is 5.90.